The van der Waals surface area contributed by atoms with Crippen molar-refractivity contribution in [3.05, 3.63) is 35.9 Å². The van der Waals surface area contributed by atoms with Gasteiger partial charge in [-0.2, -0.15) is 26.3 Å². The first kappa shape index (κ1) is 20.6. The van der Waals surface area contributed by atoms with Crippen molar-refractivity contribution < 1.29 is 35.9 Å². The number of rotatable bonds is 4. The number of benzene rings is 1. The number of carbonyl (C=O) groups is 1. The molecule has 1 fully saturated rings. The van der Waals surface area contributed by atoms with Crippen LogP contribution in [0.15, 0.2) is 35.2 Å². The molecule has 0 aliphatic carbocycles. The number of thioether (sulfide) groups is 1. The minimum atomic E-state index is -4.61. The molecule has 1 aliphatic rings. The van der Waals surface area contributed by atoms with E-state index in [4.69, 9.17) is 4.74 Å². The lowest BCUT2D eigenvalue weighted by Gasteiger charge is -2.39. The van der Waals surface area contributed by atoms with Crippen LogP contribution >= 0.6 is 11.8 Å². The zero-order chi connectivity index (χ0) is 19.4. The summed E-state index contributed by atoms with van der Waals surface area (Å²) in [5, 5.41) is 2.00. The first-order valence-electron chi connectivity index (χ1n) is 7.51. The van der Waals surface area contributed by atoms with Gasteiger partial charge in [0.15, 0.2) is 0 Å². The lowest BCUT2D eigenvalue weighted by molar-refractivity contribution is -0.216. The van der Waals surface area contributed by atoms with Gasteiger partial charge < -0.3 is 10.1 Å². The van der Waals surface area contributed by atoms with E-state index >= 15 is 0 Å². The second-order valence-electron chi connectivity index (χ2n) is 5.63. The third kappa shape index (κ3) is 5.66. The molecule has 2 rings (SSSR count). The summed E-state index contributed by atoms with van der Waals surface area (Å²) in [6, 6.07) is 5.11. The van der Waals surface area contributed by atoms with Gasteiger partial charge in [-0.15, -0.1) is 0 Å². The minimum Gasteiger partial charge on any atom is -0.381 e. The lowest BCUT2D eigenvalue weighted by Crippen LogP contribution is -2.61. The number of nitrogens with one attached hydrogen (secondary N) is 1. The molecule has 144 valence electrons. The fourth-order valence-electron chi connectivity index (χ4n) is 2.43. The maximum atomic E-state index is 13.3. The summed E-state index contributed by atoms with van der Waals surface area (Å²) < 4.78 is 81.6. The molecule has 1 amide bonds. The average molecular weight is 399 g/mol. The molecule has 0 atom stereocenters. The molecule has 0 bridgehead atoms. The first-order chi connectivity index (χ1) is 12.0. The van der Waals surface area contributed by atoms with Gasteiger partial charge in [0.2, 0.25) is 5.91 Å². The van der Waals surface area contributed by atoms with E-state index in [0.29, 0.717) is 5.56 Å². The van der Waals surface area contributed by atoms with Crippen molar-refractivity contribution in [2.24, 2.45) is 0 Å². The quantitative estimate of drug-likeness (QED) is 0.459. The topological polar surface area (TPSA) is 38.3 Å². The Morgan fingerprint density at radius 1 is 1.08 bits per heavy atom. The highest BCUT2D eigenvalue weighted by Crippen LogP contribution is 2.38. The monoisotopic (exact) mass is 399 g/mol. The Morgan fingerprint density at radius 3 is 2.15 bits per heavy atom. The molecular formula is C16H15F6NO2S. The number of hydrogen-bond acceptors (Lipinski definition) is 3. The molecule has 1 aromatic rings. The third-order valence-electron chi connectivity index (χ3n) is 3.79. The molecule has 1 saturated heterocycles. The molecule has 1 aromatic carbocycles. The molecule has 0 unspecified atom stereocenters. The van der Waals surface area contributed by atoms with Crippen molar-refractivity contribution in [1.82, 2.24) is 5.32 Å². The van der Waals surface area contributed by atoms with E-state index in [1.807, 2.05) is 5.32 Å². The number of carbonyl (C=O) groups excluding carboxylic acids is 1. The van der Waals surface area contributed by atoms with Crippen molar-refractivity contribution in [3.63, 3.8) is 0 Å². The SMILES string of the molecule is O=C(C=Cc1ccc(SC(F)(F)F)cc1)NC1(C(F)(F)F)CCOCC1. The predicted molar refractivity (Wildman–Crippen MR) is 84.4 cm³/mol. The largest absolute Gasteiger partial charge is 0.446 e. The van der Waals surface area contributed by atoms with Crippen LogP contribution in [0.25, 0.3) is 6.08 Å². The number of hydrogen-bond donors (Lipinski definition) is 1. The van der Waals surface area contributed by atoms with Crippen LogP contribution in [0.3, 0.4) is 0 Å². The van der Waals surface area contributed by atoms with Gasteiger partial charge in [-0.3, -0.25) is 4.79 Å². The van der Waals surface area contributed by atoms with Crippen LogP contribution in [0.2, 0.25) is 0 Å². The number of ether oxygens (including phenoxy) is 1. The van der Waals surface area contributed by atoms with E-state index in [1.165, 1.54) is 30.3 Å². The van der Waals surface area contributed by atoms with Crippen molar-refractivity contribution in [2.45, 2.75) is 35.0 Å². The van der Waals surface area contributed by atoms with Crippen LogP contribution in [-0.2, 0) is 9.53 Å². The highest BCUT2D eigenvalue weighted by atomic mass is 32.2. The Kier molecular flexibility index (Phi) is 6.28. The van der Waals surface area contributed by atoms with Crippen LogP contribution in [0.5, 0.6) is 0 Å². The molecule has 1 heterocycles. The van der Waals surface area contributed by atoms with E-state index in [2.05, 4.69) is 0 Å². The van der Waals surface area contributed by atoms with Crippen LogP contribution < -0.4 is 5.32 Å². The zero-order valence-corrected chi connectivity index (χ0v) is 14.1. The normalized spacial score (nSPS) is 18.1. The Morgan fingerprint density at radius 2 is 1.65 bits per heavy atom. The van der Waals surface area contributed by atoms with Gasteiger partial charge in [0.25, 0.3) is 0 Å². The summed E-state index contributed by atoms with van der Waals surface area (Å²) in [5.41, 5.74) is -6.35. The summed E-state index contributed by atoms with van der Waals surface area (Å²) >= 11 is -0.281. The van der Waals surface area contributed by atoms with E-state index < -0.39 is 23.1 Å². The summed E-state index contributed by atoms with van der Waals surface area (Å²) in [6.07, 6.45) is -3.20. The third-order valence-corrected chi connectivity index (χ3v) is 4.53. The molecule has 1 aliphatic heterocycles. The highest BCUT2D eigenvalue weighted by molar-refractivity contribution is 8.00. The van der Waals surface area contributed by atoms with Gasteiger partial charge in [-0.05, 0) is 35.5 Å². The van der Waals surface area contributed by atoms with E-state index in [0.717, 1.165) is 6.08 Å². The van der Waals surface area contributed by atoms with Gasteiger partial charge in [-0.1, -0.05) is 12.1 Å². The highest BCUT2D eigenvalue weighted by Gasteiger charge is 2.55. The Hall–Kier alpha value is -1.68. The number of alkyl halides is 6. The van der Waals surface area contributed by atoms with Crippen molar-refractivity contribution in [1.29, 1.82) is 0 Å². The fourth-order valence-corrected chi connectivity index (χ4v) is 2.97. The second kappa shape index (κ2) is 7.91. The average Bonchev–Trinajstić information content (AvgIpc) is 2.53. The Bertz CT molecular complexity index is 648. The number of amides is 1. The molecule has 0 aromatic heterocycles. The van der Waals surface area contributed by atoms with Crippen LogP contribution in [0.4, 0.5) is 26.3 Å². The van der Waals surface area contributed by atoms with Gasteiger partial charge in [-0.25, -0.2) is 0 Å². The Balaban J connectivity index is 2.02. The van der Waals surface area contributed by atoms with Crippen LogP contribution in [0, 0.1) is 0 Å². The number of halogens is 6. The van der Waals surface area contributed by atoms with Crippen LogP contribution in [0.1, 0.15) is 18.4 Å². The molecule has 0 radical (unpaired) electrons. The molecule has 0 saturated carbocycles. The molecule has 10 heteroatoms. The smallest absolute Gasteiger partial charge is 0.381 e. The summed E-state index contributed by atoms with van der Waals surface area (Å²) in [6.45, 7) is -0.219. The van der Waals surface area contributed by atoms with E-state index in [9.17, 15) is 31.1 Å². The zero-order valence-electron chi connectivity index (χ0n) is 13.3. The second-order valence-corrected chi connectivity index (χ2v) is 6.77. The lowest BCUT2D eigenvalue weighted by atomic mass is 9.89. The maximum Gasteiger partial charge on any atom is 0.446 e. The minimum absolute atomic E-state index is 0.0302. The predicted octanol–water partition coefficient (Wildman–Crippen LogP) is 4.54. The van der Waals surface area contributed by atoms with E-state index in [1.54, 1.807) is 0 Å². The van der Waals surface area contributed by atoms with Gasteiger partial charge in [0, 0.05) is 37.0 Å². The molecule has 1 N–H and O–H groups in total. The fraction of sp³-hybridized carbons (Fsp3) is 0.438. The standard InChI is InChI=1S/C16H15F6NO2S/c17-15(18,19)14(7-9-25-10-8-14)23-13(24)6-3-11-1-4-12(5-2-11)26-16(20,21)22/h1-6H,7-10H2,(H,23,24). The van der Waals surface area contributed by atoms with E-state index in [-0.39, 0.29) is 42.7 Å². The van der Waals surface area contributed by atoms with Gasteiger partial charge in [0.05, 0.1) is 0 Å². The van der Waals surface area contributed by atoms with Crippen LogP contribution in [-0.4, -0.2) is 36.3 Å². The molecular weight excluding hydrogens is 384 g/mol. The van der Waals surface area contributed by atoms with Gasteiger partial charge in [0.1, 0.15) is 5.54 Å². The molecule has 3 nitrogen and oxygen atoms in total. The molecule has 0 spiro atoms. The van der Waals surface area contributed by atoms with Crippen molar-refractivity contribution in [3.8, 4) is 0 Å². The summed E-state index contributed by atoms with van der Waals surface area (Å²) in [5.74, 6) is -0.932. The van der Waals surface area contributed by atoms with Crippen molar-refractivity contribution >= 4 is 23.7 Å². The Labute approximate surface area is 149 Å². The first-order valence-corrected chi connectivity index (χ1v) is 8.33. The summed E-state index contributed by atoms with van der Waals surface area (Å²) in [4.78, 5) is 11.9. The maximum absolute atomic E-state index is 13.3. The van der Waals surface area contributed by atoms with Crippen molar-refractivity contribution in [2.75, 3.05) is 13.2 Å². The summed E-state index contributed by atoms with van der Waals surface area (Å²) in [7, 11) is 0. The van der Waals surface area contributed by atoms with Gasteiger partial charge >= 0.3 is 11.7 Å². The molecule has 26 heavy (non-hydrogen) atoms.